The van der Waals surface area contributed by atoms with Crippen LogP contribution in [0.15, 0.2) is 24.3 Å². The van der Waals surface area contributed by atoms with E-state index in [2.05, 4.69) is 10.2 Å². The molecule has 0 aromatic heterocycles. The zero-order valence-electron chi connectivity index (χ0n) is 12.1. The van der Waals surface area contributed by atoms with E-state index in [1.54, 1.807) is 12.1 Å². The first-order valence-electron chi connectivity index (χ1n) is 7.55. The van der Waals surface area contributed by atoms with E-state index >= 15 is 0 Å². The Morgan fingerprint density at radius 1 is 1.24 bits per heavy atom. The molecule has 1 aliphatic heterocycles. The van der Waals surface area contributed by atoms with Gasteiger partial charge in [-0.05, 0) is 30.5 Å². The van der Waals surface area contributed by atoms with Crippen molar-refractivity contribution in [2.24, 2.45) is 0 Å². The smallest absolute Gasteiger partial charge is 0.230 e. The molecule has 2 aliphatic rings. The van der Waals surface area contributed by atoms with Crippen molar-refractivity contribution in [2.75, 3.05) is 39.4 Å². The number of ether oxygens (including phenoxy) is 1. The van der Waals surface area contributed by atoms with Gasteiger partial charge in [0.25, 0.3) is 0 Å². The molecular formula is C16H21FN2O2. The predicted molar refractivity (Wildman–Crippen MR) is 77.6 cm³/mol. The summed E-state index contributed by atoms with van der Waals surface area (Å²) in [7, 11) is 0. The van der Waals surface area contributed by atoms with Crippen molar-refractivity contribution in [3.8, 4) is 0 Å². The number of carbonyl (C=O) groups excluding carboxylic acids is 1. The molecule has 1 aliphatic carbocycles. The average molecular weight is 292 g/mol. The van der Waals surface area contributed by atoms with Gasteiger partial charge in [0.15, 0.2) is 0 Å². The van der Waals surface area contributed by atoms with Crippen LogP contribution < -0.4 is 5.32 Å². The summed E-state index contributed by atoms with van der Waals surface area (Å²) in [5.41, 5.74) is 0.506. The van der Waals surface area contributed by atoms with Crippen molar-refractivity contribution >= 4 is 5.91 Å². The highest BCUT2D eigenvalue weighted by molar-refractivity contribution is 5.91. The van der Waals surface area contributed by atoms with Gasteiger partial charge in [0.2, 0.25) is 5.91 Å². The largest absolute Gasteiger partial charge is 0.379 e. The minimum atomic E-state index is -0.418. The van der Waals surface area contributed by atoms with Crippen LogP contribution in [-0.4, -0.2) is 50.2 Å². The second kappa shape index (κ2) is 6.12. The number of hydrogen-bond donors (Lipinski definition) is 1. The predicted octanol–water partition coefficient (Wildman–Crippen LogP) is 1.31. The topological polar surface area (TPSA) is 41.6 Å². The molecule has 2 fully saturated rings. The van der Waals surface area contributed by atoms with Gasteiger partial charge in [-0.15, -0.1) is 0 Å². The number of halogens is 1. The van der Waals surface area contributed by atoms with E-state index in [1.165, 1.54) is 12.1 Å². The molecule has 5 heteroatoms. The Kier molecular flexibility index (Phi) is 4.22. The van der Waals surface area contributed by atoms with Crippen LogP contribution in [0, 0.1) is 5.82 Å². The van der Waals surface area contributed by atoms with Crippen LogP contribution in [-0.2, 0) is 14.9 Å². The van der Waals surface area contributed by atoms with Crippen LogP contribution in [0.4, 0.5) is 4.39 Å². The molecule has 3 rings (SSSR count). The lowest BCUT2D eigenvalue weighted by atomic mass is 9.95. The van der Waals surface area contributed by atoms with Crippen molar-refractivity contribution in [2.45, 2.75) is 18.3 Å². The van der Waals surface area contributed by atoms with Crippen molar-refractivity contribution in [3.05, 3.63) is 35.6 Å². The summed E-state index contributed by atoms with van der Waals surface area (Å²) in [4.78, 5) is 14.7. The maximum atomic E-state index is 13.0. The first-order chi connectivity index (χ1) is 10.2. The number of nitrogens with zero attached hydrogens (tertiary/aromatic N) is 1. The fourth-order valence-electron chi connectivity index (χ4n) is 2.86. The summed E-state index contributed by atoms with van der Waals surface area (Å²) >= 11 is 0. The van der Waals surface area contributed by atoms with Gasteiger partial charge in [-0.1, -0.05) is 12.1 Å². The minimum Gasteiger partial charge on any atom is -0.379 e. The van der Waals surface area contributed by atoms with Gasteiger partial charge in [0.1, 0.15) is 5.82 Å². The molecule has 1 amide bonds. The van der Waals surface area contributed by atoms with Crippen LogP contribution in [0.1, 0.15) is 18.4 Å². The summed E-state index contributed by atoms with van der Waals surface area (Å²) < 4.78 is 18.3. The maximum absolute atomic E-state index is 13.0. The molecule has 1 N–H and O–H groups in total. The number of rotatable bonds is 5. The van der Waals surface area contributed by atoms with Crippen LogP contribution >= 0.6 is 0 Å². The van der Waals surface area contributed by atoms with E-state index in [-0.39, 0.29) is 11.7 Å². The first-order valence-corrected chi connectivity index (χ1v) is 7.55. The minimum absolute atomic E-state index is 0.0716. The van der Waals surface area contributed by atoms with E-state index in [1.807, 2.05) is 0 Å². The second-order valence-electron chi connectivity index (χ2n) is 5.80. The van der Waals surface area contributed by atoms with E-state index in [0.717, 1.165) is 51.3 Å². The van der Waals surface area contributed by atoms with Gasteiger partial charge < -0.3 is 10.1 Å². The standard InChI is InChI=1S/C16H21FN2O2/c17-14-3-1-13(2-4-14)16(5-6-16)15(20)18-7-8-19-9-11-21-12-10-19/h1-4H,5-12H2,(H,18,20). The third-order valence-corrected chi connectivity index (χ3v) is 4.40. The summed E-state index contributed by atoms with van der Waals surface area (Å²) in [6.07, 6.45) is 1.70. The Bertz CT molecular complexity index is 494. The van der Waals surface area contributed by atoms with Gasteiger partial charge in [-0.3, -0.25) is 9.69 Å². The van der Waals surface area contributed by atoms with E-state index in [0.29, 0.717) is 6.54 Å². The Balaban J connectivity index is 1.51. The zero-order valence-corrected chi connectivity index (χ0v) is 12.1. The molecule has 114 valence electrons. The Morgan fingerprint density at radius 3 is 2.52 bits per heavy atom. The van der Waals surface area contributed by atoms with Crippen LogP contribution in [0.3, 0.4) is 0 Å². The molecule has 1 heterocycles. The third kappa shape index (κ3) is 3.24. The molecule has 4 nitrogen and oxygen atoms in total. The second-order valence-corrected chi connectivity index (χ2v) is 5.80. The molecule has 1 aromatic rings. The lowest BCUT2D eigenvalue weighted by Gasteiger charge is -2.27. The molecule has 21 heavy (non-hydrogen) atoms. The number of hydrogen-bond acceptors (Lipinski definition) is 3. The van der Waals surface area contributed by atoms with Gasteiger partial charge in [-0.2, -0.15) is 0 Å². The number of morpholine rings is 1. The van der Waals surface area contributed by atoms with E-state index in [9.17, 15) is 9.18 Å². The summed E-state index contributed by atoms with van der Waals surface area (Å²) in [5.74, 6) is -0.190. The van der Waals surface area contributed by atoms with Gasteiger partial charge in [0, 0.05) is 26.2 Å². The van der Waals surface area contributed by atoms with Crippen LogP contribution in [0.2, 0.25) is 0 Å². The highest BCUT2D eigenvalue weighted by atomic mass is 19.1. The molecule has 1 aromatic carbocycles. The summed E-state index contributed by atoms with van der Waals surface area (Å²) in [6, 6.07) is 6.31. The lowest BCUT2D eigenvalue weighted by molar-refractivity contribution is -0.123. The van der Waals surface area contributed by atoms with Crippen molar-refractivity contribution < 1.29 is 13.9 Å². The number of benzene rings is 1. The quantitative estimate of drug-likeness (QED) is 0.889. The SMILES string of the molecule is O=C(NCCN1CCOCC1)C1(c2ccc(F)cc2)CC1. The summed E-state index contributed by atoms with van der Waals surface area (Å²) in [5, 5.41) is 3.03. The fourth-order valence-corrected chi connectivity index (χ4v) is 2.86. The zero-order chi connectivity index (χ0) is 14.7. The number of carbonyl (C=O) groups is 1. The average Bonchev–Trinajstić information content (AvgIpc) is 3.31. The van der Waals surface area contributed by atoms with Crippen molar-refractivity contribution in [1.82, 2.24) is 10.2 Å². The van der Waals surface area contributed by atoms with E-state index < -0.39 is 5.41 Å². The van der Waals surface area contributed by atoms with Crippen molar-refractivity contribution in [1.29, 1.82) is 0 Å². The molecule has 0 bridgehead atoms. The fraction of sp³-hybridized carbons (Fsp3) is 0.562. The molecule has 1 saturated carbocycles. The molecule has 0 unspecified atom stereocenters. The number of amides is 1. The van der Waals surface area contributed by atoms with Crippen LogP contribution in [0.25, 0.3) is 0 Å². The molecule has 1 saturated heterocycles. The maximum Gasteiger partial charge on any atom is 0.230 e. The molecule has 0 atom stereocenters. The highest BCUT2D eigenvalue weighted by Crippen LogP contribution is 2.48. The van der Waals surface area contributed by atoms with Crippen LogP contribution in [0.5, 0.6) is 0 Å². The van der Waals surface area contributed by atoms with Gasteiger partial charge in [-0.25, -0.2) is 4.39 Å². The number of nitrogens with one attached hydrogen (secondary N) is 1. The Labute approximate surface area is 124 Å². The molecule has 0 spiro atoms. The van der Waals surface area contributed by atoms with E-state index in [4.69, 9.17) is 4.74 Å². The van der Waals surface area contributed by atoms with Gasteiger partial charge >= 0.3 is 0 Å². The third-order valence-electron chi connectivity index (χ3n) is 4.40. The highest BCUT2D eigenvalue weighted by Gasteiger charge is 2.51. The molecule has 0 radical (unpaired) electrons. The monoisotopic (exact) mass is 292 g/mol. The Morgan fingerprint density at radius 2 is 1.90 bits per heavy atom. The summed E-state index contributed by atoms with van der Waals surface area (Å²) in [6.45, 7) is 4.91. The van der Waals surface area contributed by atoms with Gasteiger partial charge in [0.05, 0.1) is 18.6 Å². The molecular weight excluding hydrogens is 271 g/mol. The first kappa shape index (κ1) is 14.5. The Hall–Kier alpha value is -1.46. The lowest BCUT2D eigenvalue weighted by Crippen LogP contribution is -2.43. The van der Waals surface area contributed by atoms with Crippen molar-refractivity contribution in [3.63, 3.8) is 0 Å². The normalized spacial score (nSPS) is 21.0.